The van der Waals surface area contributed by atoms with Crippen molar-refractivity contribution in [2.75, 3.05) is 13.7 Å². The number of hydrogen-bond acceptors (Lipinski definition) is 4. The third-order valence-electron chi connectivity index (χ3n) is 2.75. The Kier molecular flexibility index (Phi) is 2.27. The van der Waals surface area contributed by atoms with Crippen LogP contribution in [0, 0.1) is 5.92 Å². The largest absolute Gasteiger partial charge is 0.488 e. The molecule has 1 saturated carbocycles. The average Bonchev–Trinajstić information content (AvgIpc) is 2.44. The van der Waals surface area contributed by atoms with Crippen molar-refractivity contribution in [3.63, 3.8) is 0 Å². The van der Waals surface area contributed by atoms with Gasteiger partial charge in [0.05, 0.1) is 7.11 Å². The summed E-state index contributed by atoms with van der Waals surface area (Å²) in [5, 5.41) is 0. The molecule has 0 aromatic rings. The molecule has 1 aliphatic heterocycles. The Balaban J connectivity index is 2.27. The summed E-state index contributed by atoms with van der Waals surface area (Å²) < 4.78 is 9.79. The van der Waals surface area contributed by atoms with E-state index in [4.69, 9.17) is 4.74 Å². The van der Waals surface area contributed by atoms with E-state index in [-0.39, 0.29) is 23.9 Å². The third-order valence-corrected chi connectivity index (χ3v) is 2.75. The van der Waals surface area contributed by atoms with Gasteiger partial charge in [-0.15, -0.1) is 0 Å². The summed E-state index contributed by atoms with van der Waals surface area (Å²) in [6, 6.07) is 0. The van der Waals surface area contributed by atoms with Crippen molar-refractivity contribution in [3.8, 4) is 0 Å². The minimum atomic E-state index is -0.561. The third kappa shape index (κ3) is 1.31. The Labute approximate surface area is 81.9 Å². The molecule has 0 amide bonds. The fraction of sp³-hybridized carbons (Fsp3) is 0.600. The fourth-order valence-electron chi connectivity index (χ4n) is 1.73. The molecule has 2 rings (SSSR count). The predicted octanol–water partition coefficient (Wildman–Crippen LogP) is 0.813. The summed E-state index contributed by atoms with van der Waals surface area (Å²) in [7, 11) is 1.28. The highest BCUT2D eigenvalue weighted by Crippen LogP contribution is 2.37. The lowest BCUT2D eigenvalue weighted by Crippen LogP contribution is -2.18. The average molecular weight is 196 g/mol. The second-order valence-corrected chi connectivity index (χ2v) is 3.57. The van der Waals surface area contributed by atoms with E-state index < -0.39 is 5.97 Å². The van der Waals surface area contributed by atoms with E-state index >= 15 is 0 Å². The molecular formula is C10H12O4. The van der Waals surface area contributed by atoms with Gasteiger partial charge in [-0.1, -0.05) is 6.42 Å². The number of allylic oxidation sites excluding steroid dienone is 1. The lowest BCUT2D eigenvalue weighted by Gasteiger charge is -2.26. The monoisotopic (exact) mass is 196 g/mol. The van der Waals surface area contributed by atoms with Crippen molar-refractivity contribution in [2.45, 2.75) is 19.3 Å². The van der Waals surface area contributed by atoms with Crippen molar-refractivity contribution in [3.05, 3.63) is 11.3 Å². The van der Waals surface area contributed by atoms with Gasteiger partial charge in [-0.25, -0.2) is 4.79 Å². The Morgan fingerprint density at radius 2 is 2.21 bits per heavy atom. The predicted molar refractivity (Wildman–Crippen MR) is 47.3 cm³/mol. The minimum absolute atomic E-state index is 0.00370. The van der Waals surface area contributed by atoms with Gasteiger partial charge in [0.25, 0.3) is 0 Å². The maximum absolute atomic E-state index is 11.3. The zero-order valence-corrected chi connectivity index (χ0v) is 8.04. The molecule has 0 spiro atoms. The molecule has 14 heavy (non-hydrogen) atoms. The Morgan fingerprint density at radius 3 is 2.71 bits per heavy atom. The topological polar surface area (TPSA) is 52.6 Å². The number of ketones is 1. The summed E-state index contributed by atoms with van der Waals surface area (Å²) in [5.74, 6) is 0.0109. The van der Waals surface area contributed by atoms with Crippen LogP contribution in [0.3, 0.4) is 0 Å². The molecule has 0 aromatic heterocycles. The summed E-state index contributed by atoms with van der Waals surface area (Å²) in [6.45, 7) is -0.00370. The van der Waals surface area contributed by atoms with Crippen LogP contribution in [0.5, 0.6) is 0 Å². The first-order valence-electron chi connectivity index (χ1n) is 4.72. The summed E-state index contributed by atoms with van der Waals surface area (Å²) >= 11 is 0. The van der Waals surface area contributed by atoms with Gasteiger partial charge in [0.15, 0.2) is 6.61 Å². The standard InChI is InChI=1S/C10H12O4/c1-13-10(12)8-7(11)5-14-9(8)6-3-2-4-6/h6H,2-5H2,1H3. The first kappa shape index (κ1) is 9.24. The van der Waals surface area contributed by atoms with Crippen LogP contribution in [-0.4, -0.2) is 25.5 Å². The van der Waals surface area contributed by atoms with Crippen molar-refractivity contribution < 1.29 is 19.1 Å². The number of carbonyl (C=O) groups is 2. The van der Waals surface area contributed by atoms with E-state index in [0.29, 0.717) is 5.76 Å². The molecule has 1 aliphatic carbocycles. The second kappa shape index (κ2) is 3.44. The first-order chi connectivity index (χ1) is 6.74. The number of hydrogen-bond donors (Lipinski definition) is 0. The quantitative estimate of drug-likeness (QED) is 0.484. The highest BCUT2D eigenvalue weighted by atomic mass is 16.5. The Morgan fingerprint density at radius 1 is 1.50 bits per heavy atom. The van der Waals surface area contributed by atoms with E-state index in [1.54, 1.807) is 0 Å². The first-order valence-corrected chi connectivity index (χ1v) is 4.72. The molecular weight excluding hydrogens is 184 g/mol. The molecule has 1 fully saturated rings. The molecule has 0 unspecified atom stereocenters. The van der Waals surface area contributed by atoms with Gasteiger partial charge < -0.3 is 9.47 Å². The Bertz CT molecular complexity index is 312. The number of ether oxygens (including phenoxy) is 2. The lowest BCUT2D eigenvalue weighted by molar-refractivity contribution is -0.137. The fourth-order valence-corrected chi connectivity index (χ4v) is 1.73. The van der Waals surface area contributed by atoms with Crippen molar-refractivity contribution in [1.82, 2.24) is 0 Å². The molecule has 0 atom stereocenters. The second-order valence-electron chi connectivity index (χ2n) is 3.57. The van der Waals surface area contributed by atoms with Crippen molar-refractivity contribution in [1.29, 1.82) is 0 Å². The van der Waals surface area contributed by atoms with Crippen LogP contribution in [0.15, 0.2) is 11.3 Å². The molecule has 0 radical (unpaired) electrons. The summed E-state index contributed by atoms with van der Waals surface area (Å²) in [6.07, 6.45) is 3.15. The highest BCUT2D eigenvalue weighted by molar-refractivity contribution is 6.19. The van der Waals surface area contributed by atoms with Crippen LogP contribution in [0.2, 0.25) is 0 Å². The number of rotatable bonds is 2. The zero-order valence-electron chi connectivity index (χ0n) is 8.04. The number of carbonyl (C=O) groups excluding carboxylic acids is 2. The van der Waals surface area contributed by atoms with Gasteiger partial charge in [0.2, 0.25) is 5.78 Å². The minimum Gasteiger partial charge on any atom is -0.488 e. The van der Waals surface area contributed by atoms with E-state index in [9.17, 15) is 9.59 Å². The van der Waals surface area contributed by atoms with Crippen LogP contribution >= 0.6 is 0 Å². The molecule has 4 nitrogen and oxygen atoms in total. The molecule has 4 heteroatoms. The Hall–Kier alpha value is -1.32. The van der Waals surface area contributed by atoms with E-state index in [2.05, 4.69) is 4.74 Å². The van der Waals surface area contributed by atoms with Crippen LogP contribution < -0.4 is 0 Å². The molecule has 1 heterocycles. The van der Waals surface area contributed by atoms with E-state index in [1.807, 2.05) is 0 Å². The van der Waals surface area contributed by atoms with Gasteiger partial charge in [-0.05, 0) is 12.8 Å². The number of esters is 1. The van der Waals surface area contributed by atoms with Gasteiger partial charge >= 0.3 is 5.97 Å². The lowest BCUT2D eigenvalue weighted by atomic mass is 9.82. The van der Waals surface area contributed by atoms with Crippen LogP contribution in [0.25, 0.3) is 0 Å². The van der Waals surface area contributed by atoms with Crippen LogP contribution in [0.4, 0.5) is 0 Å². The van der Waals surface area contributed by atoms with Crippen LogP contribution in [0.1, 0.15) is 19.3 Å². The van der Waals surface area contributed by atoms with Gasteiger partial charge in [0, 0.05) is 5.92 Å². The van der Waals surface area contributed by atoms with Crippen molar-refractivity contribution >= 4 is 11.8 Å². The van der Waals surface area contributed by atoms with E-state index in [0.717, 1.165) is 19.3 Å². The highest BCUT2D eigenvalue weighted by Gasteiger charge is 2.37. The van der Waals surface area contributed by atoms with Crippen LogP contribution in [-0.2, 0) is 19.1 Å². The molecule has 0 aromatic carbocycles. The maximum Gasteiger partial charge on any atom is 0.345 e. The van der Waals surface area contributed by atoms with Gasteiger partial charge in [-0.2, -0.15) is 0 Å². The zero-order chi connectivity index (χ0) is 10.1. The van der Waals surface area contributed by atoms with E-state index in [1.165, 1.54) is 7.11 Å². The molecule has 0 saturated heterocycles. The smallest absolute Gasteiger partial charge is 0.345 e. The molecule has 2 aliphatic rings. The van der Waals surface area contributed by atoms with Crippen molar-refractivity contribution in [2.24, 2.45) is 5.92 Å². The molecule has 0 N–H and O–H groups in total. The number of Topliss-reactive ketones (excluding diaryl/α,β-unsaturated/α-hetero) is 1. The summed E-state index contributed by atoms with van der Waals surface area (Å²) in [4.78, 5) is 22.6. The number of methoxy groups -OCH3 is 1. The molecule has 76 valence electrons. The van der Waals surface area contributed by atoms with Gasteiger partial charge in [-0.3, -0.25) is 4.79 Å². The van der Waals surface area contributed by atoms with Gasteiger partial charge in [0.1, 0.15) is 11.3 Å². The maximum atomic E-state index is 11.3. The summed E-state index contributed by atoms with van der Waals surface area (Å²) in [5.41, 5.74) is 0.136. The normalized spacial score (nSPS) is 21.9. The molecule has 0 bridgehead atoms. The SMILES string of the molecule is COC(=O)C1=C(C2CCC2)OCC1=O.